The van der Waals surface area contributed by atoms with Gasteiger partial charge in [0.05, 0.1) is 0 Å². The van der Waals surface area contributed by atoms with Crippen molar-refractivity contribution in [2.75, 3.05) is 6.61 Å². The summed E-state index contributed by atoms with van der Waals surface area (Å²) in [5, 5.41) is 0. The van der Waals surface area contributed by atoms with Gasteiger partial charge in [0.25, 0.3) is 0 Å². The zero-order chi connectivity index (χ0) is 24.7. The molecule has 0 spiro atoms. The summed E-state index contributed by atoms with van der Waals surface area (Å²) in [5.74, 6) is -0.0983. The lowest BCUT2D eigenvalue weighted by Gasteiger charge is -2.33. The van der Waals surface area contributed by atoms with Gasteiger partial charge in [0.15, 0.2) is 0 Å². The minimum absolute atomic E-state index is 0.272. The predicted octanol–water partition coefficient (Wildman–Crippen LogP) is 5.91. The summed E-state index contributed by atoms with van der Waals surface area (Å²) < 4.78 is 11.2. The van der Waals surface area contributed by atoms with E-state index in [9.17, 15) is 9.59 Å². The Balaban J connectivity index is 1.58. The van der Waals surface area contributed by atoms with Gasteiger partial charge >= 0.3 is 11.9 Å². The maximum absolute atomic E-state index is 13.8. The Morgan fingerprint density at radius 2 is 1.54 bits per heavy atom. The van der Waals surface area contributed by atoms with E-state index < -0.39 is 23.5 Å². The Bertz CT molecular complexity index is 911. The molecular weight excluding hydrogens is 438 g/mol. The van der Waals surface area contributed by atoms with Crippen LogP contribution in [0.25, 0.3) is 0 Å². The van der Waals surface area contributed by atoms with Crippen LogP contribution in [0.3, 0.4) is 0 Å². The van der Waals surface area contributed by atoms with Gasteiger partial charge in [0, 0.05) is 18.5 Å². The molecule has 188 valence electrons. The van der Waals surface area contributed by atoms with Crippen LogP contribution < -0.4 is 0 Å². The first kappa shape index (κ1) is 25.4. The van der Waals surface area contributed by atoms with E-state index in [0.29, 0.717) is 19.0 Å². The number of nitrogens with zero attached hydrogens (tertiary/aromatic N) is 1. The second-order valence-electron chi connectivity index (χ2n) is 10.9. The highest BCUT2D eigenvalue weighted by molar-refractivity contribution is 5.83. The van der Waals surface area contributed by atoms with Gasteiger partial charge in [0.1, 0.15) is 12.6 Å². The molecule has 2 aromatic carbocycles. The Morgan fingerprint density at radius 3 is 2.06 bits per heavy atom. The lowest BCUT2D eigenvalue weighted by Crippen LogP contribution is -2.45. The van der Waals surface area contributed by atoms with Crippen molar-refractivity contribution in [3.8, 4) is 0 Å². The summed E-state index contributed by atoms with van der Waals surface area (Å²) in [6.07, 6.45) is 7.21. The van der Waals surface area contributed by atoms with E-state index in [1.165, 1.54) is 32.1 Å². The Hall–Kier alpha value is -2.66. The molecule has 2 aromatic rings. The molecule has 0 N–H and O–H groups in total. The third-order valence-electron chi connectivity index (χ3n) is 7.49. The van der Waals surface area contributed by atoms with Crippen LogP contribution in [0, 0.1) is 11.3 Å². The van der Waals surface area contributed by atoms with Crippen LogP contribution >= 0.6 is 0 Å². The highest BCUT2D eigenvalue weighted by atomic mass is 16.6. The molecule has 0 radical (unpaired) electrons. The van der Waals surface area contributed by atoms with Crippen LogP contribution in [0.2, 0.25) is 0 Å². The second kappa shape index (κ2) is 11.9. The number of carbonyl (C=O) groups is 2. The first-order valence-electron chi connectivity index (χ1n) is 13.1. The second-order valence-corrected chi connectivity index (χ2v) is 10.9. The molecule has 0 amide bonds. The molecule has 2 aliphatic rings. The quantitative estimate of drug-likeness (QED) is 0.398. The number of hydrogen-bond acceptors (Lipinski definition) is 5. The molecular formula is C30H39NO4. The SMILES string of the molecule is CC1(C)COC(=O)[C@@H]1OC(=O)[C@H](CCC1CCCCC1)N(Cc1ccccc1)Cc1ccccc1. The molecule has 1 heterocycles. The maximum Gasteiger partial charge on any atom is 0.348 e. The average molecular weight is 478 g/mol. The van der Waals surface area contributed by atoms with Crippen LogP contribution in [-0.4, -0.2) is 35.6 Å². The molecule has 2 atom stereocenters. The molecule has 1 saturated heterocycles. The largest absolute Gasteiger partial charge is 0.462 e. The van der Waals surface area contributed by atoms with Crippen LogP contribution in [0.1, 0.15) is 69.9 Å². The fourth-order valence-corrected chi connectivity index (χ4v) is 5.36. The molecule has 1 saturated carbocycles. The Kier molecular flexibility index (Phi) is 8.61. The van der Waals surface area contributed by atoms with Crippen LogP contribution in [0.4, 0.5) is 0 Å². The fraction of sp³-hybridized carbons (Fsp3) is 0.533. The molecule has 4 rings (SSSR count). The minimum Gasteiger partial charge on any atom is -0.462 e. The number of carbonyl (C=O) groups excluding carboxylic acids is 2. The summed E-state index contributed by atoms with van der Waals surface area (Å²) in [6.45, 7) is 5.38. The van der Waals surface area contributed by atoms with E-state index >= 15 is 0 Å². The average Bonchev–Trinajstić information content (AvgIpc) is 3.13. The molecule has 0 aromatic heterocycles. The standard InChI is InChI=1S/C30H39NO4/c1-30(2)22-34-29(33)27(30)35-28(32)26(19-18-23-12-6-3-7-13-23)31(20-24-14-8-4-9-15-24)21-25-16-10-5-11-17-25/h4-5,8-11,14-17,23,26-27H,3,6-7,12-13,18-22H2,1-2H3/t26-,27-/m0/s1. The first-order valence-corrected chi connectivity index (χ1v) is 13.1. The number of ether oxygens (including phenoxy) is 2. The molecule has 1 aliphatic carbocycles. The van der Waals surface area contributed by atoms with Gasteiger partial charge in [-0.15, -0.1) is 0 Å². The summed E-state index contributed by atoms with van der Waals surface area (Å²) in [5.41, 5.74) is 1.78. The van der Waals surface area contributed by atoms with Crippen molar-refractivity contribution >= 4 is 11.9 Å². The molecule has 35 heavy (non-hydrogen) atoms. The minimum atomic E-state index is -0.859. The van der Waals surface area contributed by atoms with Crippen molar-refractivity contribution in [1.82, 2.24) is 4.90 Å². The van der Waals surface area contributed by atoms with Crippen molar-refractivity contribution in [2.24, 2.45) is 11.3 Å². The summed E-state index contributed by atoms with van der Waals surface area (Å²) in [4.78, 5) is 28.4. The van der Waals surface area contributed by atoms with E-state index in [4.69, 9.17) is 9.47 Å². The van der Waals surface area contributed by atoms with E-state index in [2.05, 4.69) is 29.2 Å². The van der Waals surface area contributed by atoms with Crippen molar-refractivity contribution < 1.29 is 19.1 Å². The normalized spacial score (nSPS) is 21.0. The summed E-state index contributed by atoms with van der Waals surface area (Å²) >= 11 is 0. The van der Waals surface area contributed by atoms with E-state index in [1.807, 2.05) is 50.2 Å². The first-order chi connectivity index (χ1) is 16.9. The smallest absolute Gasteiger partial charge is 0.348 e. The number of benzene rings is 2. The Morgan fingerprint density at radius 1 is 0.971 bits per heavy atom. The van der Waals surface area contributed by atoms with Crippen LogP contribution in [0.5, 0.6) is 0 Å². The van der Waals surface area contributed by atoms with Crippen LogP contribution in [0.15, 0.2) is 60.7 Å². The fourth-order valence-electron chi connectivity index (χ4n) is 5.36. The summed E-state index contributed by atoms with van der Waals surface area (Å²) in [6, 6.07) is 20.1. The van der Waals surface area contributed by atoms with Crippen LogP contribution in [-0.2, 0) is 32.2 Å². The molecule has 5 heteroatoms. The Labute approximate surface area is 209 Å². The van der Waals surface area contributed by atoms with Gasteiger partial charge in [0.2, 0.25) is 6.10 Å². The monoisotopic (exact) mass is 477 g/mol. The van der Waals surface area contributed by atoms with E-state index in [1.54, 1.807) is 0 Å². The molecule has 5 nitrogen and oxygen atoms in total. The van der Waals surface area contributed by atoms with E-state index in [-0.39, 0.29) is 12.6 Å². The van der Waals surface area contributed by atoms with E-state index in [0.717, 1.165) is 24.0 Å². The third-order valence-corrected chi connectivity index (χ3v) is 7.49. The number of cyclic esters (lactones) is 1. The van der Waals surface area contributed by atoms with Gasteiger partial charge < -0.3 is 9.47 Å². The highest BCUT2D eigenvalue weighted by Gasteiger charge is 2.47. The van der Waals surface area contributed by atoms with Gasteiger partial charge in [-0.05, 0) is 29.9 Å². The maximum atomic E-state index is 13.8. The van der Waals surface area contributed by atoms with Gasteiger partial charge in [-0.3, -0.25) is 9.69 Å². The lowest BCUT2D eigenvalue weighted by atomic mass is 9.85. The zero-order valence-electron chi connectivity index (χ0n) is 21.2. The van der Waals surface area contributed by atoms with Crippen molar-refractivity contribution in [2.45, 2.75) is 84.0 Å². The highest BCUT2D eigenvalue weighted by Crippen LogP contribution is 2.33. The summed E-state index contributed by atoms with van der Waals surface area (Å²) in [7, 11) is 0. The number of rotatable bonds is 10. The topological polar surface area (TPSA) is 55.8 Å². The van der Waals surface area contributed by atoms with Crippen molar-refractivity contribution in [3.63, 3.8) is 0 Å². The number of esters is 2. The van der Waals surface area contributed by atoms with Gasteiger partial charge in [-0.1, -0.05) is 107 Å². The van der Waals surface area contributed by atoms with Gasteiger partial charge in [-0.2, -0.15) is 0 Å². The van der Waals surface area contributed by atoms with Crippen molar-refractivity contribution in [3.05, 3.63) is 71.8 Å². The van der Waals surface area contributed by atoms with Gasteiger partial charge in [-0.25, -0.2) is 4.79 Å². The zero-order valence-corrected chi connectivity index (χ0v) is 21.2. The van der Waals surface area contributed by atoms with Crippen molar-refractivity contribution in [1.29, 1.82) is 0 Å². The molecule has 2 fully saturated rings. The third kappa shape index (κ3) is 6.94. The molecule has 1 aliphatic heterocycles. The molecule has 0 bridgehead atoms. The molecule has 0 unspecified atom stereocenters. The lowest BCUT2D eigenvalue weighted by molar-refractivity contribution is -0.168. The predicted molar refractivity (Wildman–Crippen MR) is 136 cm³/mol. The number of hydrogen-bond donors (Lipinski definition) is 0.